The Morgan fingerprint density at radius 2 is 1.93 bits per heavy atom. The first-order valence-corrected chi connectivity index (χ1v) is 9.10. The Labute approximate surface area is 168 Å². The van der Waals surface area contributed by atoms with E-state index in [-0.39, 0.29) is 24.8 Å². The van der Waals surface area contributed by atoms with Gasteiger partial charge >= 0.3 is 0 Å². The maximum Gasteiger partial charge on any atom is 0.267 e. The molecule has 1 N–H and O–H groups in total. The van der Waals surface area contributed by atoms with Crippen molar-refractivity contribution in [1.29, 1.82) is 0 Å². The lowest BCUT2D eigenvalue weighted by Gasteiger charge is -2.32. The van der Waals surface area contributed by atoms with Crippen LogP contribution in [-0.2, 0) is 9.59 Å². The molecule has 2 amide bonds. The minimum absolute atomic E-state index is 0.0968. The number of carbonyl (C=O) groups is 2. The fraction of sp³-hybridized carbons (Fsp3) is 0.300. The van der Waals surface area contributed by atoms with E-state index in [2.05, 4.69) is 5.32 Å². The van der Waals surface area contributed by atoms with Gasteiger partial charge in [-0.2, -0.15) is 0 Å². The molecule has 1 aliphatic rings. The first kappa shape index (κ1) is 19.8. The van der Waals surface area contributed by atoms with Gasteiger partial charge < -0.3 is 24.4 Å². The first-order chi connectivity index (χ1) is 13.4. The Morgan fingerprint density at radius 1 is 1.21 bits per heavy atom. The number of carbonyl (C=O) groups excluding carboxylic acids is 2. The van der Waals surface area contributed by atoms with E-state index in [0.717, 1.165) is 0 Å². The Morgan fingerprint density at radius 3 is 2.64 bits per heavy atom. The van der Waals surface area contributed by atoms with Crippen LogP contribution in [0.2, 0.25) is 5.02 Å². The number of fused-ring (bicyclic) bond motifs is 1. The molecule has 1 aliphatic heterocycles. The van der Waals surface area contributed by atoms with Crippen molar-refractivity contribution < 1.29 is 23.8 Å². The third-order valence-electron chi connectivity index (χ3n) is 4.38. The van der Waals surface area contributed by atoms with E-state index in [9.17, 15) is 9.59 Å². The number of hydrogen-bond acceptors (Lipinski definition) is 5. The number of halogens is 1. The zero-order valence-electron chi connectivity index (χ0n) is 15.8. The molecule has 0 fully saturated rings. The average Bonchev–Trinajstić information content (AvgIpc) is 2.68. The molecule has 7 nitrogen and oxygen atoms in total. The molecule has 2 aromatic rings. The molecule has 3 rings (SSSR count). The van der Waals surface area contributed by atoms with Crippen molar-refractivity contribution in [3.05, 3.63) is 41.4 Å². The van der Waals surface area contributed by atoms with Crippen LogP contribution >= 0.6 is 11.6 Å². The van der Waals surface area contributed by atoms with Gasteiger partial charge in [-0.25, -0.2) is 0 Å². The summed E-state index contributed by atoms with van der Waals surface area (Å²) >= 11 is 6.13. The number of methoxy groups -OCH3 is 2. The molecule has 0 bridgehead atoms. The van der Waals surface area contributed by atoms with Crippen molar-refractivity contribution in [3.63, 3.8) is 0 Å². The minimum atomic E-state index is -0.599. The van der Waals surface area contributed by atoms with E-state index in [4.69, 9.17) is 25.8 Å². The molecule has 148 valence electrons. The van der Waals surface area contributed by atoms with E-state index in [1.165, 1.54) is 14.2 Å². The van der Waals surface area contributed by atoms with Crippen molar-refractivity contribution >= 4 is 34.8 Å². The number of amides is 2. The monoisotopic (exact) mass is 404 g/mol. The van der Waals surface area contributed by atoms with Gasteiger partial charge in [-0.05, 0) is 25.1 Å². The molecule has 0 spiro atoms. The Balaban J connectivity index is 1.71. The largest absolute Gasteiger partial charge is 0.495 e. The van der Waals surface area contributed by atoms with Gasteiger partial charge in [0.1, 0.15) is 17.2 Å². The summed E-state index contributed by atoms with van der Waals surface area (Å²) in [4.78, 5) is 26.5. The lowest BCUT2D eigenvalue weighted by molar-refractivity contribution is -0.125. The summed E-state index contributed by atoms with van der Waals surface area (Å²) < 4.78 is 16.0. The van der Waals surface area contributed by atoms with Crippen LogP contribution in [0.5, 0.6) is 17.2 Å². The highest BCUT2D eigenvalue weighted by Gasteiger charge is 2.31. The standard InChI is InChI=1S/C20H21ClN2O5/c1-12-20(25)23(15-6-4-5-7-16(15)28-12)9-8-19(24)22-14-10-13(21)17(26-2)11-18(14)27-3/h4-7,10-12H,8-9H2,1-3H3,(H,22,24). The Hall–Kier alpha value is -2.93. The minimum Gasteiger partial charge on any atom is -0.495 e. The lowest BCUT2D eigenvalue weighted by Crippen LogP contribution is -2.45. The molecule has 1 unspecified atom stereocenters. The number of anilines is 2. The summed E-state index contributed by atoms with van der Waals surface area (Å²) in [6, 6.07) is 10.4. The molecule has 1 heterocycles. The molecule has 0 saturated heterocycles. The van der Waals surface area contributed by atoms with Crippen molar-refractivity contribution in [3.8, 4) is 17.2 Å². The highest BCUT2D eigenvalue weighted by molar-refractivity contribution is 6.32. The van der Waals surface area contributed by atoms with E-state index in [1.807, 2.05) is 12.1 Å². The normalized spacial score (nSPS) is 15.5. The molecule has 2 aromatic carbocycles. The quantitative estimate of drug-likeness (QED) is 0.797. The number of benzene rings is 2. The summed E-state index contributed by atoms with van der Waals surface area (Å²) in [7, 11) is 2.99. The van der Waals surface area contributed by atoms with Crippen LogP contribution in [-0.4, -0.2) is 38.7 Å². The summed E-state index contributed by atoms with van der Waals surface area (Å²) in [5, 5.41) is 3.12. The van der Waals surface area contributed by atoms with Gasteiger partial charge in [-0.1, -0.05) is 23.7 Å². The number of nitrogens with one attached hydrogen (secondary N) is 1. The highest BCUT2D eigenvalue weighted by atomic mass is 35.5. The fourth-order valence-electron chi connectivity index (χ4n) is 2.97. The molecule has 1 atom stereocenters. The van der Waals surface area contributed by atoms with Crippen LogP contribution in [0.3, 0.4) is 0 Å². The van der Waals surface area contributed by atoms with E-state index in [1.54, 1.807) is 36.1 Å². The van der Waals surface area contributed by atoms with Gasteiger partial charge in [0.15, 0.2) is 6.10 Å². The molecular formula is C20H21ClN2O5. The summed E-state index contributed by atoms with van der Waals surface area (Å²) in [5.41, 5.74) is 1.09. The van der Waals surface area contributed by atoms with E-state index < -0.39 is 6.10 Å². The van der Waals surface area contributed by atoms with Gasteiger partial charge in [0.25, 0.3) is 5.91 Å². The Kier molecular flexibility index (Phi) is 5.94. The maximum absolute atomic E-state index is 12.5. The molecular weight excluding hydrogens is 384 g/mol. The second kappa shape index (κ2) is 8.39. The van der Waals surface area contributed by atoms with Crippen LogP contribution in [0.1, 0.15) is 13.3 Å². The maximum atomic E-state index is 12.5. The van der Waals surface area contributed by atoms with Crippen LogP contribution in [0.15, 0.2) is 36.4 Å². The zero-order valence-corrected chi connectivity index (χ0v) is 16.6. The molecule has 8 heteroatoms. The number of para-hydroxylation sites is 2. The van der Waals surface area contributed by atoms with Gasteiger partial charge in [0.05, 0.1) is 30.6 Å². The highest BCUT2D eigenvalue weighted by Crippen LogP contribution is 2.36. The summed E-state index contributed by atoms with van der Waals surface area (Å²) in [5.74, 6) is 1.04. The van der Waals surface area contributed by atoms with Crippen LogP contribution in [0, 0.1) is 0 Å². The predicted molar refractivity (Wildman–Crippen MR) is 107 cm³/mol. The van der Waals surface area contributed by atoms with Crippen LogP contribution < -0.4 is 24.4 Å². The first-order valence-electron chi connectivity index (χ1n) is 8.73. The molecule has 0 aromatic heterocycles. The van der Waals surface area contributed by atoms with E-state index >= 15 is 0 Å². The SMILES string of the molecule is COc1cc(OC)c(NC(=O)CCN2C(=O)C(C)Oc3ccccc32)cc1Cl. The second-order valence-corrected chi connectivity index (χ2v) is 6.61. The summed E-state index contributed by atoms with van der Waals surface area (Å²) in [6.07, 6.45) is -0.502. The molecule has 0 aliphatic carbocycles. The lowest BCUT2D eigenvalue weighted by atomic mass is 10.1. The van der Waals surface area contributed by atoms with Crippen LogP contribution in [0.25, 0.3) is 0 Å². The number of hydrogen-bond donors (Lipinski definition) is 1. The number of nitrogens with zero attached hydrogens (tertiary/aromatic N) is 1. The molecule has 28 heavy (non-hydrogen) atoms. The fourth-order valence-corrected chi connectivity index (χ4v) is 3.21. The van der Waals surface area contributed by atoms with Gasteiger partial charge in [-0.15, -0.1) is 0 Å². The smallest absolute Gasteiger partial charge is 0.267 e. The molecule has 0 saturated carbocycles. The average molecular weight is 405 g/mol. The van der Waals surface area contributed by atoms with Crippen molar-refractivity contribution in [2.24, 2.45) is 0 Å². The van der Waals surface area contributed by atoms with Crippen LogP contribution in [0.4, 0.5) is 11.4 Å². The third-order valence-corrected chi connectivity index (χ3v) is 4.68. The predicted octanol–water partition coefficient (Wildman–Crippen LogP) is 3.50. The zero-order chi connectivity index (χ0) is 20.3. The van der Waals surface area contributed by atoms with Crippen molar-refractivity contribution in [2.75, 3.05) is 31.0 Å². The third kappa shape index (κ3) is 3.99. The van der Waals surface area contributed by atoms with Crippen molar-refractivity contribution in [1.82, 2.24) is 0 Å². The summed E-state index contributed by atoms with van der Waals surface area (Å²) in [6.45, 7) is 1.91. The van der Waals surface area contributed by atoms with Gasteiger partial charge in [0.2, 0.25) is 5.91 Å². The molecule has 0 radical (unpaired) electrons. The van der Waals surface area contributed by atoms with Gasteiger partial charge in [0, 0.05) is 19.0 Å². The van der Waals surface area contributed by atoms with E-state index in [0.29, 0.717) is 33.6 Å². The second-order valence-electron chi connectivity index (χ2n) is 6.20. The topological polar surface area (TPSA) is 77.1 Å². The van der Waals surface area contributed by atoms with Crippen molar-refractivity contribution in [2.45, 2.75) is 19.4 Å². The van der Waals surface area contributed by atoms with Gasteiger partial charge in [-0.3, -0.25) is 9.59 Å². The number of ether oxygens (including phenoxy) is 3. The Bertz CT molecular complexity index is 902. The number of rotatable bonds is 6.